The number of rotatable bonds is 6. The van der Waals surface area contributed by atoms with Crippen molar-refractivity contribution in [3.05, 3.63) is 52.7 Å². The number of benzene rings is 1. The molecule has 1 aromatic carbocycles. The fourth-order valence-corrected chi connectivity index (χ4v) is 3.22. The van der Waals surface area contributed by atoms with Crippen LogP contribution in [0.15, 0.2) is 30.3 Å². The standard InChI is InChI=1S/C20H23N5O/c1-14-15(2)23-24-19(17(14)13-21)22-18-10-12-25(20(18)26)11-6-9-16-7-4-3-5-8-16/h3-5,7-8,18H,6,9-12H2,1-2H3,(H,22,24). The Morgan fingerprint density at radius 1 is 1.27 bits per heavy atom. The predicted molar refractivity (Wildman–Crippen MR) is 99.6 cm³/mol. The van der Waals surface area contributed by atoms with Crippen LogP contribution in [-0.4, -0.2) is 40.1 Å². The summed E-state index contributed by atoms with van der Waals surface area (Å²) in [5, 5.41) is 20.7. The molecule has 3 rings (SSSR count). The fraction of sp³-hybridized carbons (Fsp3) is 0.400. The SMILES string of the molecule is Cc1nnc(NC2CCN(CCCc3ccccc3)C2=O)c(C#N)c1C. The maximum absolute atomic E-state index is 12.6. The second kappa shape index (κ2) is 7.96. The van der Waals surface area contributed by atoms with E-state index in [0.29, 0.717) is 17.8 Å². The van der Waals surface area contributed by atoms with Crippen molar-refractivity contribution in [2.45, 2.75) is 39.2 Å². The summed E-state index contributed by atoms with van der Waals surface area (Å²) in [5.41, 5.74) is 3.29. The Hall–Kier alpha value is -2.94. The second-order valence-corrected chi connectivity index (χ2v) is 6.65. The van der Waals surface area contributed by atoms with Crippen molar-refractivity contribution in [1.82, 2.24) is 15.1 Å². The van der Waals surface area contributed by atoms with E-state index < -0.39 is 0 Å². The summed E-state index contributed by atoms with van der Waals surface area (Å²) in [5.74, 6) is 0.474. The molecule has 0 aliphatic carbocycles. The second-order valence-electron chi connectivity index (χ2n) is 6.65. The zero-order chi connectivity index (χ0) is 18.5. The lowest BCUT2D eigenvalue weighted by Gasteiger charge is -2.18. The summed E-state index contributed by atoms with van der Waals surface area (Å²) < 4.78 is 0. The summed E-state index contributed by atoms with van der Waals surface area (Å²) in [7, 11) is 0. The quantitative estimate of drug-likeness (QED) is 0.867. The molecular formula is C20H23N5O. The number of carbonyl (C=O) groups is 1. The monoisotopic (exact) mass is 349 g/mol. The Morgan fingerprint density at radius 2 is 2.04 bits per heavy atom. The molecule has 1 N–H and O–H groups in total. The van der Waals surface area contributed by atoms with Crippen molar-refractivity contribution in [2.75, 3.05) is 18.4 Å². The Labute approximate surface area is 153 Å². The van der Waals surface area contributed by atoms with Crippen molar-refractivity contribution in [3.8, 4) is 6.07 Å². The smallest absolute Gasteiger partial charge is 0.245 e. The van der Waals surface area contributed by atoms with Gasteiger partial charge >= 0.3 is 0 Å². The molecule has 0 saturated carbocycles. The van der Waals surface area contributed by atoms with Gasteiger partial charge in [0, 0.05) is 13.1 Å². The van der Waals surface area contributed by atoms with Gasteiger partial charge in [-0.15, -0.1) is 5.10 Å². The van der Waals surface area contributed by atoms with E-state index in [2.05, 4.69) is 33.7 Å². The zero-order valence-electron chi connectivity index (χ0n) is 15.2. The van der Waals surface area contributed by atoms with Crippen LogP contribution in [0.3, 0.4) is 0 Å². The molecular weight excluding hydrogens is 326 g/mol. The molecule has 0 radical (unpaired) electrons. The first-order valence-corrected chi connectivity index (χ1v) is 8.93. The third-order valence-electron chi connectivity index (χ3n) is 4.91. The Morgan fingerprint density at radius 3 is 2.77 bits per heavy atom. The minimum absolute atomic E-state index is 0.0713. The molecule has 1 amide bonds. The largest absolute Gasteiger partial charge is 0.356 e. The van der Waals surface area contributed by atoms with Crippen LogP contribution in [0.4, 0.5) is 5.82 Å². The van der Waals surface area contributed by atoms with E-state index in [0.717, 1.165) is 37.2 Å². The first kappa shape index (κ1) is 17.9. The van der Waals surface area contributed by atoms with Crippen LogP contribution in [-0.2, 0) is 11.2 Å². The Kier molecular flexibility index (Phi) is 5.47. The molecule has 0 spiro atoms. The van der Waals surface area contributed by atoms with E-state index in [1.54, 1.807) is 0 Å². The van der Waals surface area contributed by atoms with Crippen LogP contribution in [0.2, 0.25) is 0 Å². The molecule has 26 heavy (non-hydrogen) atoms. The summed E-state index contributed by atoms with van der Waals surface area (Å²) in [4.78, 5) is 14.5. The molecule has 1 aliphatic heterocycles. The van der Waals surface area contributed by atoms with E-state index in [-0.39, 0.29) is 11.9 Å². The van der Waals surface area contributed by atoms with Gasteiger partial charge in [0.1, 0.15) is 17.7 Å². The molecule has 2 aromatic rings. The number of aromatic nitrogens is 2. The lowest BCUT2D eigenvalue weighted by molar-refractivity contribution is -0.128. The highest BCUT2D eigenvalue weighted by atomic mass is 16.2. The number of aryl methyl sites for hydroxylation is 2. The van der Waals surface area contributed by atoms with Crippen molar-refractivity contribution < 1.29 is 4.79 Å². The fourth-order valence-electron chi connectivity index (χ4n) is 3.22. The third kappa shape index (κ3) is 3.83. The van der Waals surface area contributed by atoms with Crippen LogP contribution in [0.1, 0.15) is 35.2 Å². The minimum atomic E-state index is -0.338. The summed E-state index contributed by atoms with van der Waals surface area (Å²) in [6.07, 6.45) is 2.61. The van der Waals surface area contributed by atoms with Crippen molar-refractivity contribution in [3.63, 3.8) is 0 Å². The Balaban J connectivity index is 1.58. The number of nitrogens with zero attached hydrogens (tertiary/aromatic N) is 4. The van der Waals surface area contributed by atoms with Gasteiger partial charge in [0.2, 0.25) is 5.91 Å². The van der Waals surface area contributed by atoms with Gasteiger partial charge in [-0.2, -0.15) is 10.4 Å². The lowest BCUT2D eigenvalue weighted by atomic mass is 10.1. The molecule has 1 unspecified atom stereocenters. The summed E-state index contributed by atoms with van der Waals surface area (Å²) in [6, 6.07) is 12.1. The minimum Gasteiger partial charge on any atom is -0.356 e. The topological polar surface area (TPSA) is 81.9 Å². The van der Waals surface area contributed by atoms with E-state index in [4.69, 9.17) is 0 Å². The molecule has 1 fully saturated rings. The van der Waals surface area contributed by atoms with Gasteiger partial charge in [0.25, 0.3) is 0 Å². The normalized spacial score (nSPS) is 16.6. The highest BCUT2D eigenvalue weighted by Gasteiger charge is 2.32. The molecule has 1 saturated heterocycles. The molecule has 6 nitrogen and oxygen atoms in total. The molecule has 1 aromatic heterocycles. The first-order valence-electron chi connectivity index (χ1n) is 8.93. The van der Waals surface area contributed by atoms with Crippen LogP contribution >= 0.6 is 0 Å². The van der Waals surface area contributed by atoms with Gasteiger partial charge < -0.3 is 10.2 Å². The van der Waals surface area contributed by atoms with Crippen molar-refractivity contribution in [2.24, 2.45) is 0 Å². The van der Waals surface area contributed by atoms with Crippen LogP contribution in [0, 0.1) is 25.2 Å². The highest BCUT2D eigenvalue weighted by Crippen LogP contribution is 2.21. The van der Waals surface area contributed by atoms with Gasteiger partial charge in [-0.25, -0.2) is 0 Å². The average molecular weight is 349 g/mol. The van der Waals surface area contributed by atoms with E-state index in [1.807, 2.05) is 36.9 Å². The molecule has 2 heterocycles. The van der Waals surface area contributed by atoms with Crippen LogP contribution < -0.4 is 5.32 Å². The van der Waals surface area contributed by atoms with E-state index >= 15 is 0 Å². The molecule has 1 atom stereocenters. The summed E-state index contributed by atoms with van der Waals surface area (Å²) >= 11 is 0. The summed E-state index contributed by atoms with van der Waals surface area (Å²) in [6.45, 7) is 5.14. The number of anilines is 1. The number of carbonyl (C=O) groups excluding carboxylic acids is 1. The average Bonchev–Trinajstić information content (AvgIpc) is 2.99. The molecule has 134 valence electrons. The third-order valence-corrected chi connectivity index (χ3v) is 4.91. The molecule has 0 bridgehead atoms. The molecule has 1 aliphatic rings. The maximum atomic E-state index is 12.6. The zero-order valence-corrected chi connectivity index (χ0v) is 15.2. The van der Waals surface area contributed by atoms with E-state index in [9.17, 15) is 10.1 Å². The van der Waals surface area contributed by atoms with Gasteiger partial charge in [0.05, 0.1) is 5.69 Å². The highest BCUT2D eigenvalue weighted by molar-refractivity contribution is 5.86. The lowest BCUT2D eigenvalue weighted by Crippen LogP contribution is -2.34. The van der Waals surface area contributed by atoms with Crippen molar-refractivity contribution in [1.29, 1.82) is 5.26 Å². The van der Waals surface area contributed by atoms with Crippen LogP contribution in [0.5, 0.6) is 0 Å². The Bertz CT molecular complexity index is 828. The van der Waals surface area contributed by atoms with Gasteiger partial charge in [-0.1, -0.05) is 30.3 Å². The number of hydrogen-bond acceptors (Lipinski definition) is 5. The van der Waals surface area contributed by atoms with Gasteiger partial charge in [-0.3, -0.25) is 4.79 Å². The number of amides is 1. The number of nitrogens with one attached hydrogen (secondary N) is 1. The first-order chi connectivity index (χ1) is 12.6. The number of nitriles is 1. The van der Waals surface area contributed by atoms with Crippen molar-refractivity contribution >= 4 is 11.7 Å². The predicted octanol–water partition coefficient (Wildman–Crippen LogP) is 2.61. The van der Waals surface area contributed by atoms with Crippen LogP contribution in [0.25, 0.3) is 0 Å². The maximum Gasteiger partial charge on any atom is 0.245 e. The van der Waals surface area contributed by atoms with Gasteiger partial charge in [0.15, 0.2) is 5.82 Å². The number of hydrogen-bond donors (Lipinski definition) is 1. The number of likely N-dealkylation sites (tertiary alicyclic amines) is 1. The molecule has 6 heteroatoms. The van der Waals surface area contributed by atoms with E-state index in [1.165, 1.54) is 5.56 Å². The van der Waals surface area contributed by atoms with Gasteiger partial charge in [-0.05, 0) is 44.2 Å².